The van der Waals surface area contributed by atoms with Crippen LogP contribution in [0.2, 0.25) is 0 Å². The predicted octanol–water partition coefficient (Wildman–Crippen LogP) is 5.65. The number of benzene rings is 2. The van der Waals surface area contributed by atoms with E-state index in [-0.39, 0.29) is 12.1 Å². The summed E-state index contributed by atoms with van der Waals surface area (Å²) in [6.07, 6.45) is -1.90. The number of aromatic nitrogens is 3. The first-order valence-electron chi connectivity index (χ1n) is 9.36. The van der Waals surface area contributed by atoms with Crippen molar-refractivity contribution in [3.8, 4) is 22.5 Å². The molecule has 0 aliphatic heterocycles. The Labute approximate surface area is 174 Å². The standard InChI is InChI=1S/C23H23F3N4/c1-5-21(23(24,25)26)16(2)14-29(3)18-10-8-9-17(13-18)19-11-6-7-12-20(19)22-28-27-15-30(22)4/h5-13,15H,1,14H2,2-4H3/b21-16-. The molecule has 0 radical (unpaired) electrons. The Morgan fingerprint density at radius 3 is 2.43 bits per heavy atom. The first-order valence-corrected chi connectivity index (χ1v) is 9.36. The van der Waals surface area contributed by atoms with Crippen molar-refractivity contribution in [3.05, 3.63) is 78.7 Å². The van der Waals surface area contributed by atoms with Crippen molar-refractivity contribution >= 4 is 5.69 Å². The van der Waals surface area contributed by atoms with Crippen LogP contribution in [0, 0.1) is 0 Å². The summed E-state index contributed by atoms with van der Waals surface area (Å²) in [5.41, 5.74) is 3.17. The average Bonchev–Trinajstić information content (AvgIpc) is 3.13. The molecule has 0 spiro atoms. The Bertz CT molecular complexity index is 1080. The van der Waals surface area contributed by atoms with Gasteiger partial charge in [0.1, 0.15) is 6.33 Å². The van der Waals surface area contributed by atoms with Crippen LogP contribution in [-0.4, -0.2) is 34.5 Å². The molecule has 156 valence electrons. The first-order chi connectivity index (χ1) is 14.2. The van der Waals surface area contributed by atoms with Gasteiger partial charge in [0.2, 0.25) is 0 Å². The maximum absolute atomic E-state index is 13.2. The smallest absolute Gasteiger partial charge is 0.371 e. The third-order valence-corrected chi connectivity index (χ3v) is 4.92. The van der Waals surface area contributed by atoms with Gasteiger partial charge >= 0.3 is 6.18 Å². The zero-order chi connectivity index (χ0) is 21.9. The fraction of sp³-hybridized carbons (Fsp3) is 0.217. The number of aryl methyl sites for hydroxylation is 1. The summed E-state index contributed by atoms with van der Waals surface area (Å²) in [5.74, 6) is 0.740. The molecule has 7 heteroatoms. The molecule has 1 heterocycles. The van der Waals surface area contributed by atoms with Crippen LogP contribution in [0.5, 0.6) is 0 Å². The molecular formula is C23H23F3N4. The van der Waals surface area contributed by atoms with E-state index in [0.717, 1.165) is 34.3 Å². The molecule has 0 N–H and O–H groups in total. The minimum absolute atomic E-state index is 0.134. The molecule has 0 amide bonds. The summed E-state index contributed by atoms with van der Waals surface area (Å²) in [6, 6.07) is 15.6. The van der Waals surface area contributed by atoms with E-state index < -0.39 is 11.7 Å². The second kappa shape index (κ2) is 8.57. The Balaban J connectivity index is 1.96. The molecule has 0 saturated heterocycles. The summed E-state index contributed by atoms with van der Waals surface area (Å²) >= 11 is 0. The second-order valence-corrected chi connectivity index (χ2v) is 7.11. The minimum atomic E-state index is -4.41. The van der Waals surface area contributed by atoms with Gasteiger partial charge in [0, 0.05) is 31.9 Å². The van der Waals surface area contributed by atoms with Gasteiger partial charge in [-0.2, -0.15) is 13.2 Å². The number of likely N-dealkylation sites (N-methyl/N-ethyl adjacent to an activating group) is 1. The van der Waals surface area contributed by atoms with E-state index in [2.05, 4.69) is 16.8 Å². The third-order valence-electron chi connectivity index (χ3n) is 4.92. The van der Waals surface area contributed by atoms with Gasteiger partial charge in [-0.25, -0.2) is 0 Å². The molecule has 0 aliphatic rings. The molecule has 0 bridgehead atoms. The first kappa shape index (κ1) is 21.4. The summed E-state index contributed by atoms with van der Waals surface area (Å²) in [4.78, 5) is 1.79. The van der Waals surface area contributed by atoms with E-state index in [1.807, 2.05) is 60.1 Å². The van der Waals surface area contributed by atoms with Gasteiger partial charge in [-0.1, -0.05) is 49.1 Å². The fourth-order valence-electron chi connectivity index (χ4n) is 3.43. The molecule has 30 heavy (non-hydrogen) atoms. The lowest BCUT2D eigenvalue weighted by Gasteiger charge is -2.23. The highest BCUT2D eigenvalue weighted by molar-refractivity contribution is 5.82. The highest BCUT2D eigenvalue weighted by Gasteiger charge is 2.33. The van der Waals surface area contributed by atoms with Gasteiger partial charge < -0.3 is 9.47 Å². The Morgan fingerprint density at radius 2 is 1.83 bits per heavy atom. The number of nitrogens with zero attached hydrogens (tertiary/aromatic N) is 4. The van der Waals surface area contributed by atoms with Gasteiger partial charge in [-0.15, -0.1) is 10.2 Å². The molecule has 3 aromatic rings. The van der Waals surface area contributed by atoms with Crippen LogP contribution in [0.25, 0.3) is 22.5 Å². The van der Waals surface area contributed by atoms with Crippen LogP contribution < -0.4 is 4.90 Å². The predicted molar refractivity (Wildman–Crippen MR) is 114 cm³/mol. The Kier molecular flexibility index (Phi) is 6.10. The molecule has 0 unspecified atom stereocenters. The topological polar surface area (TPSA) is 34.0 Å². The second-order valence-electron chi connectivity index (χ2n) is 7.11. The van der Waals surface area contributed by atoms with Crippen LogP contribution in [0.3, 0.4) is 0 Å². The molecule has 0 atom stereocenters. The summed E-state index contributed by atoms with van der Waals surface area (Å²) < 4.78 is 41.3. The number of allylic oxidation sites excluding steroid dienone is 2. The Hall–Kier alpha value is -3.35. The van der Waals surface area contributed by atoms with Crippen molar-refractivity contribution in [2.45, 2.75) is 13.1 Å². The summed E-state index contributed by atoms with van der Waals surface area (Å²) in [7, 11) is 3.65. The van der Waals surface area contributed by atoms with Gasteiger partial charge in [0.25, 0.3) is 0 Å². The lowest BCUT2D eigenvalue weighted by Crippen LogP contribution is -2.22. The van der Waals surface area contributed by atoms with Gasteiger partial charge in [0.15, 0.2) is 5.82 Å². The van der Waals surface area contributed by atoms with E-state index in [9.17, 15) is 13.2 Å². The number of alkyl halides is 3. The Morgan fingerprint density at radius 1 is 1.13 bits per heavy atom. The maximum atomic E-state index is 13.2. The van der Waals surface area contributed by atoms with E-state index in [1.165, 1.54) is 6.92 Å². The fourth-order valence-corrected chi connectivity index (χ4v) is 3.43. The molecule has 0 fully saturated rings. The minimum Gasteiger partial charge on any atom is -0.371 e. The normalized spacial score (nSPS) is 12.5. The number of rotatable bonds is 6. The highest BCUT2D eigenvalue weighted by Crippen LogP contribution is 2.33. The van der Waals surface area contributed by atoms with Crippen molar-refractivity contribution in [1.82, 2.24) is 14.8 Å². The van der Waals surface area contributed by atoms with Crippen molar-refractivity contribution < 1.29 is 13.2 Å². The van der Waals surface area contributed by atoms with Crippen molar-refractivity contribution in [2.75, 3.05) is 18.5 Å². The number of halogens is 3. The SMILES string of the molecule is C=C/C(=C(\C)CN(C)c1cccc(-c2ccccc2-c2nncn2C)c1)C(F)(F)F. The molecule has 0 saturated carbocycles. The lowest BCUT2D eigenvalue weighted by atomic mass is 9.98. The van der Waals surface area contributed by atoms with Gasteiger partial charge in [-0.05, 0) is 35.8 Å². The molecule has 4 nitrogen and oxygen atoms in total. The van der Waals surface area contributed by atoms with Gasteiger partial charge in [0.05, 0.1) is 5.57 Å². The van der Waals surface area contributed by atoms with E-state index >= 15 is 0 Å². The van der Waals surface area contributed by atoms with Crippen LogP contribution in [0.4, 0.5) is 18.9 Å². The monoisotopic (exact) mass is 412 g/mol. The quantitative estimate of drug-likeness (QED) is 0.491. The largest absolute Gasteiger partial charge is 0.416 e. The molecule has 2 aromatic carbocycles. The van der Waals surface area contributed by atoms with Gasteiger partial charge in [-0.3, -0.25) is 0 Å². The van der Waals surface area contributed by atoms with Crippen molar-refractivity contribution in [3.63, 3.8) is 0 Å². The molecular weight excluding hydrogens is 389 g/mol. The maximum Gasteiger partial charge on any atom is 0.416 e. The third kappa shape index (κ3) is 4.45. The zero-order valence-electron chi connectivity index (χ0n) is 17.1. The number of hydrogen-bond donors (Lipinski definition) is 0. The number of hydrogen-bond acceptors (Lipinski definition) is 3. The molecule has 1 aromatic heterocycles. The van der Waals surface area contributed by atoms with Crippen LogP contribution in [0.1, 0.15) is 6.92 Å². The summed E-state index contributed by atoms with van der Waals surface area (Å²) in [6.45, 7) is 4.93. The highest BCUT2D eigenvalue weighted by atomic mass is 19.4. The van der Waals surface area contributed by atoms with E-state index in [0.29, 0.717) is 0 Å². The van der Waals surface area contributed by atoms with Crippen molar-refractivity contribution in [2.24, 2.45) is 7.05 Å². The zero-order valence-corrected chi connectivity index (χ0v) is 17.1. The molecule has 0 aliphatic carbocycles. The number of anilines is 1. The van der Waals surface area contributed by atoms with E-state index in [4.69, 9.17) is 0 Å². The van der Waals surface area contributed by atoms with Crippen LogP contribution in [-0.2, 0) is 7.05 Å². The molecule has 3 rings (SSSR count). The lowest BCUT2D eigenvalue weighted by molar-refractivity contribution is -0.0889. The summed E-state index contributed by atoms with van der Waals surface area (Å²) in [5, 5.41) is 8.16. The van der Waals surface area contributed by atoms with Crippen LogP contribution >= 0.6 is 0 Å². The van der Waals surface area contributed by atoms with Crippen LogP contribution in [0.15, 0.2) is 78.7 Å². The van der Waals surface area contributed by atoms with Crippen molar-refractivity contribution in [1.29, 1.82) is 0 Å². The van der Waals surface area contributed by atoms with E-state index in [1.54, 1.807) is 18.3 Å². The average molecular weight is 412 g/mol.